The van der Waals surface area contributed by atoms with E-state index in [0.29, 0.717) is 28.4 Å². The van der Waals surface area contributed by atoms with Gasteiger partial charge in [-0.3, -0.25) is 4.79 Å². The van der Waals surface area contributed by atoms with Crippen LogP contribution in [0.15, 0.2) is 47.1 Å². The Balaban J connectivity index is 1.62. The summed E-state index contributed by atoms with van der Waals surface area (Å²) < 4.78 is 27.1. The number of rotatable bonds is 6. The largest absolute Gasteiger partial charge is 0.495 e. The van der Waals surface area contributed by atoms with Gasteiger partial charge in [-0.1, -0.05) is 6.07 Å². The topological polar surface area (TPSA) is 67.1 Å². The molecular weight excluding hydrogens is 336 g/mol. The lowest BCUT2D eigenvalue weighted by molar-refractivity contribution is 0.0727. The van der Waals surface area contributed by atoms with Gasteiger partial charge in [0.15, 0.2) is 17.3 Å². The van der Waals surface area contributed by atoms with Crippen molar-refractivity contribution in [1.29, 1.82) is 0 Å². The number of methoxy groups -OCH3 is 2. The molecule has 0 spiro atoms. The summed E-state index contributed by atoms with van der Waals surface area (Å²) in [6.45, 7) is 0.206. The van der Waals surface area contributed by atoms with Crippen LogP contribution >= 0.6 is 0 Å². The fraction of sp³-hybridized carbons (Fsp3) is 0.250. The number of ether oxygens (including phenoxy) is 4. The smallest absolute Gasteiger partial charge is 0.231 e. The third-order valence-electron chi connectivity index (χ3n) is 4.51. The van der Waals surface area contributed by atoms with E-state index in [2.05, 4.69) is 0 Å². The monoisotopic (exact) mass is 354 g/mol. The van der Waals surface area contributed by atoms with E-state index >= 15 is 0 Å². The minimum atomic E-state index is -0.401. The van der Waals surface area contributed by atoms with Crippen LogP contribution in [0.5, 0.6) is 17.2 Å². The molecule has 26 heavy (non-hydrogen) atoms. The molecule has 0 fully saturated rings. The van der Waals surface area contributed by atoms with Crippen LogP contribution in [0.1, 0.15) is 28.4 Å². The number of hydrogen-bond donors (Lipinski definition) is 0. The van der Waals surface area contributed by atoms with Crippen molar-refractivity contribution in [2.75, 3.05) is 21.0 Å². The van der Waals surface area contributed by atoms with Gasteiger partial charge < -0.3 is 23.4 Å². The molecule has 4 rings (SSSR count). The Morgan fingerprint density at radius 1 is 1.12 bits per heavy atom. The summed E-state index contributed by atoms with van der Waals surface area (Å²) in [5, 5.41) is 0.774. The molecule has 1 aliphatic heterocycles. The second kappa shape index (κ2) is 6.72. The maximum Gasteiger partial charge on any atom is 0.231 e. The summed E-state index contributed by atoms with van der Waals surface area (Å²) in [5.74, 6) is 1.80. The summed E-state index contributed by atoms with van der Waals surface area (Å²) in [4.78, 5) is 12.9. The zero-order valence-electron chi connectivity index (χ0n) is 14.5. The molecule has 0 N–H and O–H groups in total. The number of Topliss-reactive ketones (excluding diaryl/α,β-unsaturated/α-hetero) is 1. The highest BCUT2D eigenvalue weighted by Crippen LogP contribution is 2.37. The van der Waals surface area contributed by atoms with Gasteiger partial charge in [0.2, 0.25) is 6.79 Å². The highest BCUT2D eigenvalue weighted by molar-refractivity contribution is 6.04. The molecule has 6 nitrogen and oxygen atoms in total. The summed E-state index contributed by atoms with van der Waals surface area (Å²) >= 11 is 0. The van der Waals surface area contributed by atoms with Gasteiger partial charge in [0.05, 0.1) is 30.4 Å². The first-order valence-electron chi connectivity index (χ1n) is 8.21. The third kappa shape index (κ3) is 2.78. The Morgan fingerprint density at radius 3 is 2.77 bits per heavy atom. The van der Waals surface area contributed by atoms with Crippen molar-refractivity contribution in [1.82, 2.24) is 0 Å². The number of benzene rings is 2. The van der Waals surface area contributed by atoms with Crippen molar-refractivity contribution in [3.05, 3.63) is 53.8 Å². The zero-order chi connectivity index (χ0) is 18.1. The van der Waals surface area contributed by atoms with Gasteiger partial charge in [-0.2, -0.15) is 0 Å². The number of carbonyl (C=O) groups excluding carboxylic acids is 1. The predicted molar refractivity (Wildman–Crippen MR) is 94.0 cm³/mol. The maximum atomic E-state index is 12.9. The van der Waals surface area contributed by atoms with E-state index in [1.54, 1.807) is 38.7 Å². The van der Waals surface area contributed by atoms with Gasteiger partial charge in [0.1, 0.15) is 11.3 Å². The molecule has 0 bridgehead atoms. The molecule has 1 atom stereocenters. The van der Waals surface area contributed by atoms with Crippen LogP contribution in [0.2, 0.25) is 0 Å². The molecule has 6 heteroatoms. The van der Waals surface area contributed by atoms with Crippen LogP contribution in [0.25, 0.3) is 11.0 Å². The molecule has 1 unspecified atom stereocenters. The Kier molecular flexibility index (Phi) is 4.26. The predicted octanol–water partition coefficient (Wildman–Crippen LogP) is 4.13. The zero-order valence-corrected chi connectivity index (χ0v) is 14.5. The third-order valence-corrected chi connectivity index (χ3v) is 4.51. The van der Waals surface area contributed by atoms with Crippen molar-refractivity contribution in [2.45, 2.75) is 12.5 Å². The average molecular weight is 354 g/mol. The fourth-order valence-electron chi connectivity index (χ4n) is 3.19. The van der Waals surface area contributed by atoms with Crippen molar-refractivity contribution < 1.29 is 28.2 Å². The highest BCUT2D eigenvalue weighted by Gasteiger charge is 2.23. The van der Waals surface area contributed by atoms with E-state index in [-0.39, 0.29) is 19.0 Å². The summed E-state index contributed by atoms with van der Waals surface area (Å²) in [5.41, 5.74) is 2.04. The molecule has 0 aliphatic carbocycles. The molecule has 0 amide bonds. The lowest BCUT2D eigenvalue weighted by atomic mass is 9.98. The number of furan rings is 1. The number of carbonyl (C=O) groups is 1. The van der Waals surface area contributed by atoms with Crippen molar-refractivity contribution in [3.8, 4) is 17.2 Å². The van der Waals surface area contributed by atoms with E-state index in [1.165, 1.54) is 0 Å². The molecular formula is C20H18O6. The molecule has 0 saturated carbocycles. The van der Waals surface area contributed by atoms with E-state index in [4.69, 9.17) is 23.4 Å². The summed E-state index contributed by atoms with van der Waals surface area (Å²) in [6.07, 6.45) is 1.35. The van der Waals surface area contributed by atoms with Crippen molar-refractivity contribution in [2.24, 2.45) is 0 Å². The van der Waals surface area contributed by atoms with Crippen LogP contribution < -0.4 is 14.2 Å². The van der Waals surface area contributed by atoms with E-state index in [0.717, 1.165) is 10.9 Å². The van der Waals surface area contributed by atoms with E-state index < -0.39 is 6.10 Å². The van der Waals surface area contributed by atoms with Gasteiger partial charge in [-0.05, 0) is 35.9 Å². The van der Waals surface area contributed by atoms with Crippen LogP contribution in [0, 0.1) is 0 Å². The molecule has 2 heterocycles. The van der Waals surface area contributed by atoms with Crippen LogP contribution in [0.3, 0.4) is 0 Å². The SMILES string of the molecule is COc1c(C(=O)CC(OC)c2ccc3c(c2)OCO3)ccc2occc12. The molecule has 2 aromatic carbocycles. The maximum absolute atomic E-state index is 12.9. The Morgan fingerprint density at radius 2 is 1.96 bits per heavy atom. The van der Waals surface area contributed by atoms with Gasteiger partial charge in [0.25, 0.3) is 0 Å². The van der Waals surface area contributed by atoms with Crippen molar-refractivity contribution >= 4 is 16.8 Å². The lowest BCUT2D eigenvalue weighted by Gasteiger charge is -2.16. The Hall–Kier alpha value is -2.99. The van der Waals surface area contributed by atoms with Gasteiger partial charge in [-0.25, -0.2) is 0 Å². The first-order valence-corrected chi connectivity index (χ1v) is 8.21. The van der Waals surface area contributed by atoms with Crippen LogP contribution in [-0.2, 0) is 4.74 Å². The highest BCUT2D eigenvalue weighted by atomic mass is 16.7. The minimum Gasteiger partial charge on any atom is -0.495 e. The fourth-order valence-corrected chi connectivity index (χ4v) is 3.19. The summed E-state index contributed by atoms with van der Waals surface area (Å²) in [6, 6.07) is 10.8. The number of ketones is 1. The van der Waals surface area contributed by atoms with Gasteiger partial charge in [-0.15, -0.1) is 0 Å². The van der Waals surface area contributed by atoms with Gasteiger partial charge >= 0.3 is 0 Å². The lowest BCUT2D eigenvalue weighted by Crippen LogP contribution is -2.10. The molecule has 134 valence electrons. The average Bonchev–Trinajstić information content (AvgIpc) is 3.33. The quantitative estimate of drug-likeness (QED) is 0.620. The Labute approximate surface area is 150 Å². The Bertz CT molecular complexity index is 958. The van der Waals surface area contributed by atoms with E-state index in [1.807, 2.05) is 18.2 Å². The second-order valence-corrected chi connectivity index (χ2v) is 5.94. The standard InChI is InChI=1S/C20H18O6/c1-22-18(12-3-5-17-19(9-12)26-11-25-17)10-15(21)13-4-6-16-14(7-8-24-16)20(13)23-2/h3-9,18H,10-11H2,1-2H3. The molecule has 0 radical (unpaired) electrons. The van der Waals surface area contributed by atoms with Crippen LogP contribution in [0.4, 0.5) is 0 Å². The van der Waals surface area contributed by atoms with Crippen LogP contribution in [-0.4, -0.2) is 26.8 Å². The van der Waals surface area contributed by atoms with Crippen molar-refractivity contribution in [3.63, 3.8) is 0 Å². The number of fused-ring (bicyclic) bond motifs is 2. The molecule has 0 saturated heterocycles. The number of hydrogen-bond acceptors (Lipinski definition) is 6. The minimum absolute atomic E-state index is 0.0746. The second-order valence-electron chi connectivity index (χ2n) is 5.94. The first kappa shape index (κ1) is 16.5. The molecule has 1 aliphatic rings. The first-order chi connectivity index (χ1) is 12.7. The van der Waals surface area contributed by atoms with Gasteiger partial charge in [0, 0.05) is 13.5 Å². The van der Waals surface area contributed by atoms with E-state index in [9.17, 15) is 4.79 Å². The summed E-state index contributed by atoms with van der Waals surface area (Å²) in [7, 11) is 3.13. The molecule has 1 aromatic heterocycles. The normalized spacial score (nSPS) is 13.8. The molecule has 3 aromatic rings.